The summed E-state index contributed by atoms with van der Waals surface area (Å²) in [7, 11) is 0. The maximum absolute atomic E-state index is 10.5. The number of rotatable bonds is 0. The Morgan fingerprint density at radius 2 is 2.71 bits per heavy atom. The molecule has 2 heteroatoms. The van der Waals surface area contributed by atoms with Crippen LogP contribution in [0.2, 0.25) is 0 Å². The van der Waals surface area contributed by atoms with Gasteiger partial charge in [-0.15, -0.1) is 0 Å². The highest BCUT2D eigenvalue weighted by molar-refractivity contribution is 5.69. The third-order valence-electron chi connectivity index (χ3n) is 0.783. The molecule has 0 bridgehead atoms. The normalized spacial score (nSPS) is 46.6. The molecule has 0 aromatic carbocycles. The lowest BCUT2D eigenvalue weighted by molar-refractivity contribution is -0.146. The van der Waals surface area contributed by atoms with E-state index >= 15 is 0 Å². The number of esters is 1. The van der Waals surface area contributed by atoms with Crippen molar-refractivity contribution < 1.29 is 12.3 Å². The van der Waals surface area contributed by atoms with Crippen LogP contribution in [-0.2, 0) is 9.53 Å². The largest absolute Gasteiger partial charge is 0.466 e. The molecule has 1 aliphatic heterocycles. The second-order valence-corrected chi connectivity index (χ2v) is 1.36. The molecule has 1 heterocycles. The van der Waals surface area contributed by atoms with Crippen molar-refractivity contribution in [3.8, 4) is 0 Å². The van der Waals surface area contributed by atoms with Crippen molar-refractivity contribution in [1.82, 2.24) is 0 Å². The lowest BCUT2D eigenvalue weighted by Crippen LogP contribution is -2.10. The summed E-state index contributed by atoms with van der Waals surface area (Å²) in [5.41, 5.74) is 0. The average molecular weight is 102 g/mol. The van der Waals surface area contributed by atoms with Crippen LogP contribution in [0, 0.1) is 0 Å². The zero-order valence-corrected chi connectivity index (χ0v) is 3.89. The summed E-state index contributed by atoms with van der Waals surface area (Å²) in [6.07, 6.45) is -1.05. The highest BCUT2D eigenvalue weighted by Crippen LogP contribution is 2.04. The Bertz CT molecular complexity index is 126. The van der Waals surface area contributed by atoms with Crippen LogP contribution >= 0.6 is 0 Å². The molecular formula is C5H8O2. The highest BCUT2D eigenvalue weighted by atomic mass is 16.5. The Labute approximate surface area is 45.3 Å². The van der Waals surface area contributed by atoms with Crippen molar-refractivity contribution >= 4 is 5.97 Å². The Hall–Kier alpha value is -0.530. The van der Waals surface area contributed by atoms with Gasteiger partial charge in [0.25, 0.3) is 0 Å². The molecule has 40 valence electrons. The predicted molar refractivity (Wildman–Crippen MR) is 24.8 cm³/mol. The van der Waals surface area contributed by atoms with Gasteiger partial charge in [-0.25, -0.2) is 0 Å². The van der Waals surface area contributed by atoms with Gasteiger partial charge >= 0.3 is 5.97 Å². The number of carbonyl (C=O) groups is 1. The van der Waals surface area contributed by atoms with Gasteiger partial charge in [0.1, 0.15) is 0 Å². The van der Waals surface area contributed by atoms with Crippen LogP contribution in [0.15, 0.2) is 0 Å². The van der Waals surface area contributed by atoms with Crippen molar-refractivity contribution in [2.75, 3.05) is 6.61 Å². The molecule has 0 N–H and O–H groups in total. The summed E-state index contributed by atoms with van der Waals surface area (Å²) < 4.78 is 18.7. The van der Waals surface area contributed by atoms with Gasteiger partial charge in [0.05, 0.1) is 6.61 Å². The van der Waals surface area contributed by atoms with E-state index in [1.54, 1.807) is 0 Å². The van der Waals surface area contributed by atoms with Crippen LogP contribution in [0.1, 0.15) is 22.0 Å². The molecular weight excluding hydrogens is 92.1 g/mol. The fourth-order valence-electron chi connectivity index (χ4n) is 0.455. The summed E-state index contributed by atoms with van der Waals surface area (Å²) in [6, 6.07) is 0. The lowest BCUT2D eigenvalue weighted by Gasteiger charge is -2.08. The number of hydrogen-bond acceptors (Lipinski definition) is 2. The van der Waals surface area contributed by atoms with Crippen LogP contribution in [-0.4, -0.2) is 12.6 Å². The number of ether oxygens (including phenoxy) is 1. The number of hydrogen-bond donors (Lipinski definition) is 0. The van der Waals surface area contributed by atoms with Crippen LogP contribution in [0.25, 0.3) is 0 Å². The molecule has 1 aliphatic rings. The Balaban J connectivity index is 2.51. The topological polar surface area (TPSA) is 26.3 Å². The molecule has 0 aromatic heterocycles. The fourth-order valence-corrected chi connectivity index (χ4v) is 0.455. The molecule has 0 aliphatic carbocycles. The number of cyclic esters (lactones) is 1. The van der Waals surface area contributed by atoms with E-state index < -0.39 is 18.8 Å². The molecule has 1 fully saturated rings. The SMILES string of the molecule is [2H][C@@H]1C(=O)OCC[C@@H]1[2H]. The summed E-state index contributed by atoms with van der Waals surface area (Å²) >= 11 is 0. The minimum atomic E-state index is -0.973. The van der Waals surface area contributed by atoms with Crippen LogP contribution < -0.4 is 0 Å². The van der Waals surface area contributed by atoms with Gasteiger partial charge in [-0.05, 0) is 12.8 Å². The zero-order chi connectivity index (χ0) is 6.85. The standard InChI is InChI=1S/C5H8O2/c6-5-3-1-2-4-7-5/h1-4H2/i1D,3D/t1-,3-/m0/s1. The van der Waals surface area contributed by atoms with Gasteiger partial charge in [-0.1, -0.05) is 0 Å². The molecule has 0 amide bonds. The van der Waals surface area contributed by atoms with Gasteiger partial charge in [0.15, 0.2) is 0 Å². The average Bonchev–Trinajstić information content (AvgIpc) is 1.83. The molecule has 0 saturated carbocycles. The van der Waals surface area contributed by atoms with Crippen LogP contribution in [0.4, 0.5) is 0 Å². The van der Waals surface area contributed by atoms with Crippen LogP contribution in [0.3, 0.4) is 0 Å². The molecule has 0 spiro atoms. The second-order valence-electron chi connectivity index (χ2n) is 1.36. The first kappa shape index (κ1) is 2.70. The fraction of sp³-hybridized carbons (Fsp3) is 0.800. The molecule has 0 unspecified atom stereocenters. The smallest absolute Gasteiger partial charge is 0.305 e. The molecule has 0 aromatic rings. The Morgan fingerprint density at radius 1 is 1.86 bits per heavy atom. The Morgan fingerprint density at radius 3 is 3.29 bits per heavy atom. The van der Waals surface area contributed by atoms with E-state index in [0.717, 1.165) is 0 Å². The summed E-state index contributed by atoms with van der Waals surface area (Å²) in [6.45, 7) is 0.308. The molecule has 0 radical (unpaired) electrons. The van der Waals surface area contributed by atoms with E-state index in [1.807, 2.05) is 0 Å². The Kier molecular flexibility index (Phi) is 0.755. The first-order valence-electron chi connectivity index (χ1n) is 3.38. The summed E-state index contributed by atoms with van der Waals surface area (Å²) in [5.74, 6) is -0.554. The van der Waals surface area contributed by atoms with Gasteiger partial charge < -0.3 is 4.74 Å². The van der Waals surface area contributed by atoms with Crippen molar-refractivity contribution in [3.63, 3.8) is 0 Å². The lowest BCUT2D eigenvalue weighted by atomic mass is 10.2. The van der Waals surface area contributed by atoms with Crippen molar-refractivity contribution in [1.29, 1.82) is 0 Å². The molecule has 1 rings (SSSR count). The zero-order valence-electron chi connectivity index (χ0n) is 5.89. The second kappa shape index (κ2) is 1.96. The molecule has 1 saturated heterocycles. The van der Waals surface area contributed by atoms with Crippen LogP contribution in [0.5, 0.6) is 0 Å². The van der Waals surface area contributed by atoms with E-state index in [-0.39, 0.29) is 0 Å². The van der Waals surface area contributed by atoms with E-state index in [1.165, 1.54) is 0 Å². The minimum Gasteiger partial charge on any atom is -0.466 e. The first-order chi connectivity index (χ1) is 4.22. The molecule has 2 nitrogen and oxygen atoms in total. The van der Waals surface area contributed by atoms with Crippen molar-refractivity contribution in [2.45, 2.75) is 19.2 Å². The van der Waals surface area contributed by atoms with E-state index in [0.29, 0.717) is 13.0 Å². The molecule has 2 atom stereocenters. The third kappa shape index (κ3) is 1.18. The van der Waals surface area contributed by atoms with E-state index in [9.17, 15) is 4.79 Å². The van der Waals surface area contributed by atoms with E-state index in [2.05, 4.69) is 4.74 Å². The summed E-state index contributed by atoms with van der Waals surface area (Å²) in [4.78, 5) is 10.5. The van der Waals surface area contributed by atoms with Gasteiger partial charge in [-0.3, -0.25) is 4.79 Å². The maximum atomic E-state index is 10.5. The maximum Gasteiger partial charge on any atom is 0.305 e. The first-order valence-corrected chi connectivity index (χ1v) is 2.23. The van der Waals surface area contributed by atoms with Crippen molar-refractivity contribution in [3.05, 3.63) is 0 Å². The van der Waals surface area contributed by atoms with E-state index in [4.69, 9.17) is 2.74 Å². The molecule has 7 heavy (non-hydrogen) atoms. The number of carbonyl (C=O) groups excluding carboxylic acids is 1. The van der Waals surface area contributed by atoms with Gasteiger partial charge in [0.2, 0.25) is 0 Å². The van der Waals surface area contributed by atoms with Crippen molar-refractivity contribution in [2.24, 2.45) is 0 Å². The predicted octanol–water partition coefficient (Wildman–Crippen LogP) is 0.714. The monoisotopic (exact) mass is 102 g/mol. The minimum absolute atomic E-state index is 0.308. The quantitative estimate of drug-likeness (QED) is 0.421. The third-order valence-corrected chi connectivity index (χ3v) is 0.783. The highest BCUT2D eigenvalue weighted by Gasteiger charge is 2.06. The summed E-state index contributed by atoms with van der Waals surface area (Å²) in [5, 5.41) is 0. The van der Waals surface area contributed by atoms with Gasteiger partial charge in [0, 0.05) is 9.14 Å². The van der Waals surface area contributed by atoms with Gasteiger partial charge in [-0.2, -0.15) is 0 Å².